The molecule has 104 valence electrons. The Morgan fingerprint density at radius 3 is 2.68 bits per heavy atom. The summed E-state index contributed by atoms with van der Waals surface area (Å²) in [5.74, 6) is 1.73. The van der Waals surface area contributed by atoms with Gasteiger partial charge in [-0.1, -0.05) is 57.4 Å². The average Bonchev–Trinajstić information content (AvgIpc) is 2.47. The third-order valence-electron chi connectivity index (χ3n) is 6.15. The molecule has 0 radical (unpaired) electrons. The highest BCUT2D eigenvalue weighted by Crippen LogP contribution is 2.46. The van der Waals surface area contributed by atoms with Crippen LogP contribution in [0.15, 0.2) is 24.3 Å². The summed E-state index contributed by atoms with van der Waals surface area (Å²) in [6, 6.07) is 9.27. The summed E-state index contributed by atoms with van der Waals surface area (Å²) in [5, 5.41) is 0. The molecule has 0 spiro atoms. The van der Waals surface area contributed by atoms with Crippen molar-refractivity contribution in [2.24, 2.45) is 11.3 Å². The highest BCUT2D eigenvalue weighted by Gasteiger charge is 2.34. The Kier molecular flexibility index (Phi) is 3.69. The summed E-state index contributed by atoms with van der Waals surface area (Å²) in [7, 11) is 0. The summed E-state index contributed by atoms with van der Waals surface area (Å²) in [6.45, 7) is 5.07. The Hall–Kier alpha value is -0.780. The zero-order chi connectivity index (χ0) is 13.3. The van der Waals surface area contributed by atoms with E-state index in [9.17, 15) is 0 Å². The van der Waals surface area contributed by atoms with Gasteiger partial charge in [-0.05, 0) is 60.5 Å². The van der Waals surface area contributed by atoms with Crippen molar-refractivity contribution in [2.45, 2.75) is 71.1 Å². The Morgan fingerprint density at radius 2 is 1.79 bits per heavy atom. The van der Waals surface area contributed by atoms with E-state index >= 15 is 0 Å². The van der Waals surface area contributed by atoms with Crippen molar-refractivity contribution in [3.8, 4) is 0 Å². The largest absolute Gasteiger partial charge is 0.0620 e. The Labute approximate surface area is 118 Å². The third-order valence-corrected chi connectivity index (χ3v) is 6.15. The molecule has 3 unspecified atom stereocenters. The number of aryl methyl sites for hydroxylation is 1. The lowest BCUT2D eigenvalue weighted by Gasteiger charge is -2.38. The number of benzene rings is 1. The molecule has 2 aliphatic carbocycles. The second-order valence-electron chi connectivity index (χ2n) is 7.27. The molecule has 1 aromatic rings. The first-order valence-electron chi connectivity index (χ1n) is 8.27. The molecule has 3 atom stereocenters. The van der Waals surface area contributed by atoms with Crippen LogP contribution >= 0.6 is 0 Å². The summed E-state index contributed by atoms with van der Waals surface area (Å²) < 4.78 is 0. The van der Waals surface area contributed by atoms with E-state index in [0.29, 0.717) is 5.41 Å². The van der Waals surface area contributed by atoms with Gasteiger partial charge in [-0.3, -0.25) is 0 Å². The highest BCUT2D eigenvalue weighted by molar-refractivity contribution is 5.31. The van der Waals surface area contributed by atoms with Gasteiger partial charge in [-0.15, -0.1) is 0 Å². The van der Waals surface area contributed by atoms with Crippen molar-refractivity contribution >= 4 is 0 Å². The van der Waals surface area contributed by atoms with Gasteiger partial charge in [0.05, 0.1) is 0 Å². The molecule has 1 saturated carbocycles. The Balaban J connectivity index is 1.98. The van der Waals surface area contributed by atoms with Crippen LogP contribution in [0.4, 0.5) is 0 Å². The van der Waals surface area contributed by atoms with Gasteiger partial charge >= 0.3 is 0 Å². The van der Waals surface area contributed by atoms with Crippen LogP contribution in [0.5, 0.6) is 0 Å². The van der Waals surface area contributed by atoms with Gasteiger partial charge in [-0.2, -0.15) is 0 Å². The van der Waals surface area contributed by atoms with E-state index in [0.717, 1.165) is 11.8 Å². The van der Waals surface area contributed by atoms with Crippen molar-refractivity contribution in [1.29, 1.82) is 0 Å². The van der Waals surface area contributed by atoms with E-state index in [1.54, 1.807) is 11.1 Å². The maximum Gasteiger partial charge on any atom is -0.0159 e. The quantitative estimate of drug-likeness (QED) is 0.557. The third kappa shape index (κ3) is 2.59. The van der Waals surface area contributed by atoms with Gasteiger partial charge in [-0.25, -0.2) is 0 Å². The minimum absolute atomic E-state index is 0.579. The van der Waals surface area contributed by atoms with Gasteiger partial charge in [0, 0.05) is 0 Å². The van der Waals surface area contributed by atoms with Crippen molar-refractivity contribution in [1.82, 2.24) is 0 Å². The fraction of sp³-hybridized carbons (Fsp3) is 0.684. The summed E-state index contributed by atoms with van der Waals surface area (Å²) in [5.41, 5.74) is 3.91. The first-order chi connectivity index (χ1) is 9.19. The lowest BCUT2D eigenvalue weighted by atomic mass is 9.67. The molecule has 0 aromatic heterocycles. The molecule has 2 bridgehead atoms. The number of hydrogen-bond donors (Lipinski definition) is 0. The fourth-order valence-electron chi connectivity index (χ4n) is 4.35. The molecular formula is C19H28. The summed E-state index contributed by atoms with van der Waals surface area (Å²) in [4.78, 5) is 0. The van der Waals surface area contributed by atoms with Gasteiger partial charge in [0.1, 0.15) is 0 Å². The summed E-state index contributed by atoms with van der Waals surface area (Å²) in [6.07, 6.45) is 11.3. The van der Waals surface area contributed by atoms with Crippen molar-refractivity contribution in [2.75, 3.05) is 0 Å². The molecule has 1 fully saturated rings. The second-order valence-corrected chi connectivity index (χ2v) is 7.27. The van der Waals surface area contributed by atoms with Gasteiger partial charge in [0.25, 0.3) is 0 Å². The zero-order valence-electron chi connectivity index (χ0n) is 12.6. The Bertz CT molecular complexity index is 433. The second kappa shape index (κ2) is 5.31. The smallest absolute Gasteiger partial charge is 0.0159 e. The van der Waals surface area contributed by atoms with Crippen LogP contribution in [0.3, 0.4) is 0 Å². The normalized spacial score (nSPS) is 35.5. The molecule has 0 nitrogen and oxygen atoms in total. The lowest BCUT2D eigenvalue weighted by Crippen LogP contribution is -2.28. The molecule has 1 aromatic carbocycles. The first kappa shape index (κ1) is 13.2. The Morgan fingerprint density at radius 1 is 1.00 bits per heavy atom. The van der Waals surface area contributed by atoms with E-state index in [4.69, 9.17) is 0 Å². The topological polar surface area (TPSA) is 0 Å². The number of hydrogen-bond acceptors (Lipinski definition) is 0. The van der Waals surface area contributed by atoms with Crippen molar-refractivity contribution in [3.63, 3.8) is 0 Å². The van der Waals surface area contributed by atoms with Crippen molar-refractivity contribution in [3.05, 3.63) is 35.4 Å². The molecule has 0 saturated heterocycles. The molecule has 0 amide bonds. The zero-order valence-corrected chi connectivity index (χ0v) is 12.6. The van der Waals surface area contributed by atoms with E-state index < -0.39 is 0 Å². The minimum atomic E-state index is 0.579. The molecule has 0 heterocycles. The average molecular weight is 256 g/mol. The van der Waals surface area contributed by atoms with Crippen molar-refractivity contribution < 1.29 is 0 Å². The van der Waals surface area contributed by atoms with Crippen LogP contribution in [0, 0.1) is 11.3 Å². The molecular weight excluding hydrogens is 228 g/mol. The van der Waals surface area contributed by atoms with E-state index in [2.05, 4.69) is 38.1 Å². The maximum absolute atomic E-state index is 2.56. The maximum atomic E-state index is 2.56. The predicted octanol–water partition coefficient (Wildman–Crippen LogP) is 5.71. The number of fused-ring (bicyclic) bond motifs is 5. The highest BCUT2D eigenvalue weighted by atomic mass is 14.4. The van der Waals surface area contributed by atoms with Crippen LogP contribution in [0.25, 0.3) is 0 Å². The summed E-state index contributed by atoms with van der Waals surface area (Å²) >= 11 is 0. The molecule has 0 heteroatoms. The minimum Gasteiger partial charge on any atom is -0.0620 e. The number of rotatable bonds is 0. The van der Waals surface area contributed by atoms with Crippen LogP contribution in [0.1, 0.15) is 75.8 Å². The molecule has 0 N–H and O–H groups in total. The SMILES string of the molecule is CC1CCCCC2CCC1(C)CCc1ccccc12. The molecule has 19 heavy (non-hydrogen) atoms. The van der Waals surface area contributed by atoms with Crippen LogP contribution in [0.2, 0.25) is 0 Å². The predicted molar refractivity (Wildman–Crippen MR) is 82.5 cm³/mol. The molecule has 3 rings (SSSR count). The van der Waals surface area contributed by atoms with Gasteiger partial charge in [0.15, 0.2) is 0 Å². The standard InChI is InChI=1S/C19H28/c1-15-7-3-4-8-16-11-13-19(15,2)14-12-17-9-5-6-10-18(16)17/h5-6,9-10,15-16H,3-4,7-8,11-14H2,1-2H3. The van der Waals surface area contributed by atoms with E-state index in [1.165, 1.54) is 51.4 Å². The first-order valence-corrected chi connectivity index (χ1v) is 8.27. The van der Waals surface area contributed by atoms with Crippen LogP contribution in [-0.4, -0.2) is 0 Å². The van der Waals surface area contributed by atoms with Gasteiger partial charge in [0.2, 0.25) is 0 Å². The van der Waals surface area contributed by atoms with E-state index in [-0.39, 0.29) is 0 Å². The monoisotopic (exact) mass is 256 g/mol. The van der Waals surface area contributed by atoms with Crippen LogP contribution in [-0.2, 0) is 6.42 Å². The molecule has 2 aliphatic rings. The van der Waals surface area contributed by atoms with E-state index in [1.807, 2.05) is 0 Å². The lowest BCUT2D eigenvalue weighted by molar-refractivity contribution is 0.150. The fourth-order valence-corrected chi connectivity index (χ4v) is 4.35. The van der Waals surface area contributed by atoms with Crippen LogP contribution < -0.4 is 0 Å². The molecule has 0 aliphatic heterocycles. The van der Waals surface area contributed by atoms with Gasteiger partial charge < -0.3 is 0 Å².